The van der Waals surface area contributed by atoms with Gasteiger partial charge in [-0.1, -0.05) is 72.8 Å². The number of hydrogen-bond donors (Lipinski definition) is 0. The summed E-state index contributed by atoms with van der Waals surface area (Å²) in [5.74, 6) is 0. The molecule has 0 spiro atoms. The van der Waals surface area contributed by atoms with Gasteiger partial charge in [-0.25, -0.2) is 9.13 Å². The van der Waals surface area contributed by atoms with Gasteiger partial charge in [0, 0.05) is 75.7 Å². The third-order valence-corrected chi connectivity index (χ3v) is 8.01. The van der Waals surface area contributed by atoms with Gasteiger partial charge in [0.25, 0.3) is 0 Å². The number of aryl methyl sites for hydroxylation is 2. The first-order valence-electron chi connectivity index (χ1n) is 15.1. The van der Waals surface area contributed by atoms with Gasteiger partial charge < -0.3 is 9.80 Å². The van der Waals surface area contributed by atoms with Crippen LogP contribution in [0.2, 0.25) is 0 Å². The van der Waals surface area contributed by atoms with Crippen molar-refractivity contribution in [2.45, 2.75) is 39.0 Å². The van der Waals surface area contributed by atoms with E-state index in [9.17, 15) is 0 Å². The maximum atomic E-state index is 2.35. The van der Waals surface area contributed by atoms with Crippen LogP contribution in [0.25, 0.3) is 11.1 Å². The number of benzene rings is 2. The Hall–Kier alpha value is -4.70. The molecule has 0 saturated carbocycles. The van der Waals surface area contributed by atoms with E-state index >= 15 is 0 Å². The van der Waals surface area contributed by atoms with Crippen LogP contribution in [0, 0.1) is 0 Å². The summed E-state index contributed by atoms with van der Waals surface area (Å²) in [6.45, 7) is 5.85. The van der Waals surface area contributed by atoms with Crippen molar-refractivity contribution in [3.63, 3.8) is 0 Å². The molecule has 6 rings (SSSR count). The molecule has 0 atom stereocenters. The van der Waals surface area contributed by atoms with E-state index in [1.54, 1.807) is 0 Å². The van der Waals surface area contributed by atoms with E-state index in [0.29, 0.717) is 0 Å². The quantitative estimate of drug-likeness (QED) is 0.154. The topological polar surface area (TPSA) is 14.2 Å². The van der Waals surface area contributed by atoms with Crippen LogP contribution in [0.3, 0.4) is 0 Å². The molecular formula is C38H40N4+2. The normalized spacial score (nSPS) is 14.6. The van der Waals surface area contributed by atoms with Gasteiger partial charge >= 0.3 is 0 Å². The maximum Gasteiger partial charge on any atom is 0.169 e. The van der Waals surface area contributed by atoms with Crippen LogP contribution >= 0.6 is 0 Å². The highest BCUT2D eigenvalue weighted by molar-refractivity contribution is 5.75. The van der Waals surface area contributed by atoms with Gasteiger partial charge in [-0.05, 0) is 45.6 Å². The van der Waals surface area contributed by atoms with Gasteiger partial charge in [-0.3, -0.25) is 0 Å². The second-order valence-electron chi connectivity index (χ2n) is 11.1. The Kier molecular flexibility index (Phi) is 9.01. The average Bonchev–Trinajstić information content (AvgIpc) is 3.06. The number of hydrogen-bond acceptors (Lipinski definition) is 2. The molecule has 2 aromatic carbocycles. The maximum absolute atomic E-state index is 2.35. The largest absolute Gasteiger partial charge is 0.369 e. The fourth-order valence-corrected chi connectivity index (χ4v) is 5.55. The highest BCUT2D eigenvalue weighted by atomic mass is 15.1. The van der Waals surface area contributed by atoms with Crippen molar-refractivity contribution in [1.82, 2.24) is 9.80 Å². The molecule has 0 saturated heterocycles. The van der Waals surface area contributed by atoms with Crippen LogP contribution in [0.15, 0.2) is 146 Å². The lowest BCUT2D eigenvalue weighted by molar-refractivity contribution is -0.708. The number of nitrogens with zero attached hydrogens (tertiary/aromatic N) is 4. The molecule has 4 aromatic rings. The first-order chi connectivity index (χ1) is 20.8. The molecule has 4 heteroatoms. The summed E-state index contributed by atoms with van der Waals surface area (Å²) >= 11 is 0. The predicted octanol–water partition coefficient (Wildman–Crippen LogP) is 6.57. The molecule has 42 heavy (non-hydrogen) atoms. The molecule has 2 aliphatic heterocycles. The number of allylic oxidation sites excluding steroid dienone is 4. The smallest absolute Gasteiger partial charge is 0.169 e. The minimum absolute atomic E-state index is 0.940. The Morgan fingerprint density at radius 3 is 1.26 bits per heavy atom. The van der Waals surface area contributed by atoms with Gasteiger partial charge in [0.15, 0.2) is 24.8 Å². The molecule has 210 valence electrons. The number of rotatable bonds is 11. The van der Waals surface area contributed by atoms with Crippen molar-refractivity contribution >= 4 is 11.1 Å². The van der Waals surface area contributed by atoms with Gasteiger partial charge in [0.1, 0.15) is 13.1 Å². The standard InChI is InChI=1S/C38H40N4/c1-3-9-33(10-4-1)31-41-27-17-37(18-28-41)35-13-23-39(24-14-35)21-7-8-22-40-25-15-36(16-26-40)38-19-29-42(30-20-38)32-34-11-5-2-6-12-34/h1-6,9-20,23-27,29H,7-8,21-22,28,30-32H2/q+2. The Morgan fingerprint density at radius 1 is 0.500 bits per heavy atom. The van der Waals surface area contributed by atoms with E-state index in [2.05, 4.69) is 165 Å². The summed E-state index contributed by atoms with van der Waals surface area (Å²) in [6.07, 6.45) is 24.7. The van der Waals surface area contributed by atoms with Crippen LogP contribution in [-0.2, 0) is 26.2 Å². The van der Waals surface area contributed by atoms with Crippen molar-refractivity contribution in [1.29, 1.82) is 0 Å². The van der Waals surface area contributed by atoms with Crippen LogP contribution in [0.5, 0.6) is 0 Å². The first kappa shape index (κ1) is 27.5. The van der Waals surface area contributed by atoms with E-state index < -0.39 is 0 Å². The van der Waals surface area contributed by atoms with E-state index in [0.717, 1.165) is 52.1 Å². The summed E-state index contributed by atoms with van der Waals surface area (Å²) in [5.41, 5.74) is 7.85. The summed E-state index contributed by atoms with van der Waals surface area (Å²) in [7, 11) is 0. The molecule has 0 amide bonds. The molecule has 0 N–H and O–H groups in total. The van der Waals surface area contributed by atoms with Crippen molar-refractivity contribution in [3.05, 3.63) is 169 Å². The van der Waals surface area contributed by atoms with Crippen LogP contribution < -0.4 is 9.13 Å². The summed E-state index contributed by atoms with van der Waals surface area (Å²) in [6, 6.07) is 30.3. The minimum atomic E-state index is 0.940. The first-order valence-corrected chi connectivity index (χ1v) is 15.1. The SMILES string of the molecule is C1=CN(Cc2ccccc2)CC=C1c1cc[n+](CCCC[n+]2ccc(C3=CCN(Cc4ccccc4)C=C3)cc2)cc1. The molecule has 0 unspecified atom stereocenters. The van der Waals surface area contributed by atoms with Gasteiger partial charge in [-0.2, -0.15) is 0 Å². The fourth-order valence-electron chi connectivity index (χ4n) is 5.55. The Morgan fingerprint density at radius 2 is 0.905 bits per heavy atom. The minimum Gasteiger partial charge on any atom is -0.369 e. The lowest BCUT2D eigenvalue weighted by atomic mass is 10.0. The van der Waals surface area contributed by atoms with Crippen molar-refractivity contribution in [2.75, 3.05) is 13.1 Å². The summed E-state index contributed by atoms with van der Waals surface area (Å²) in [5, 5.41) is 0. The number of pyridine rings is 2. The van der Waals surface area contributed by atoms with Gasteiger partial charge in [0.2, 0.25) is 0 Å². The molecule has 2 aliphatic rings. The van der Waals surface area contributed by atoms with Crippen LogP contribution in [0.4, 0.5) is 0 Å². The molecule has 0 fully saturated rings. The number of aromatic nitrogens is 2. The van der Waals surface area contributed by atoms with Crippen LogP contribution in [0.1, 0.15) is 35.1 Å². The van der Waals surface area contributed by atoms with Gasteiger partial charge in [-0.15, -0.1) is 0 Å². The zero-order valence-corrected chi connectivity index (χ0v) is 24.3. The molecule has 4 heterocycles. The molecule has 0 aliphatic carbocycles. The lowest BCUT2D eigenvalue weighted by Crippen LogP contribution is -2.35. The van der Waals surface area contributed by atoms with Crippen molar-refractivity contribution in [3.8, 4) is 0 Å². The Bertz CT molecular complexity index is 1430. The zero-order valence-electron chi connectivity index (χ0n) is 24.3. The molecular weight excluding hydrogens is 512 g/mol. The lowest BCUT2D eigenvalue weighted by Gasteiger charge is -2.22. The number of unbranched alkanes of at least 4 members (excludes halogenated alkanes) is 1. The summed E-state index contributed by atoms with van der Waals surface area (Å²) in [4.78, 5) is 4.69. The zero-order chi connectivity index (χ0) is 28.4. The average molecular weight is 553 g/mol. The van der Waals surface area contributed by atoms with E-state index in [1.807, 2.05) is 0 Å². The highest BCUT2D eigenvalue weighted by Crippen LogP contribution is 2.21. The Balaban J connectivity index is 0.914. The summed E-state index contributed by atoms with van der Waals surface area (Å²) < 4.78 is 4.60. The molecule has 0 radical (unpaired) electrons. The molecule has 0 bridgehead atoms. The van der Waals surface area contributed by atoms with E-state index in [1.165, 1.54) is 33.4 Å². The fraction of sp³-hybridized carbons (Fsp3) is 0.211. The van der Waals surface area contributed by atoms with E-state index in [4.69, 9.17) is 0 Å². The molecule has 4 nitrogen and oxygen atoms in total. The second-order valence-corrected chi connectivity index (χ2v) is 11.1. The van der Waals surface area contributed by atoms with Crippen LogP contribution in [-0.4, -0.2) is 22.9 Å². The molecule has 2 aromatic heterocycles. The van der Waals surface area contributed by atoms with Crippen molar-refractivity contribution < 1.29 is 9.13 Å². The third-order valence-electron chi connectivity index (χ3n) is 8.01. The Labute approximate surface area is 250 Å². The highest BCUT2D eigenvalue weighted by Gasteiger charge is 2.11. The monoisotopic (exact) mass is 552 g/mol. The second kappa shape index (κ2) is 13.8. The third kappa shape index (κ3) is 7.52. The predicted molar refractivity (Wildman–Crippen MR) is 170 cm³/mol. The van der Waals surface area contributed by atoms with E-state index in [-0.39, 0.29) is 0 Å². The van der Waals surface area contributed by atoms with Crippen molar-refractivity contribution in [2.24, 2.45) is 0 Å². The van der Waals surface area contributed by atoms with Gasteiger partial charge in [0.05, 0.1) is 0 Å².